The molecule has 0 spiro atoms. The minimum Gasteiger partial charge on any atom is -0.493 e. The van der Waals surface area contributed by atoms with Gasteiger partial charge < -0.3 is 39.2 Å². The lowest BCUT2D eigenvalue weighted by molar-refractivity contribution is -0.130. The summed E-state index contributed by atoms with van der Waals surface area (Å²) in [5, 5.41) is 15.3. The van der Waals surface area contributed by atoms with Crippen LogP contribution in [0.4, 0.5) is 11.4 Å². The number of carbonyl (C=O) groups is 3. The summed E-state index contributed by atoms with van der Waals surface area (Å²) >= 11 is 0. The summed E-state index contributed by atoms with van der Waals surface area (Å²) in [6, 6.07) is 21.8. The molecule has 4 bridgehead atoms. The zero-order valence-electron chi connectivity index (χ0n) is 30.3. The molecule has 1 fully saturated rings. The van der Waals surface area contributed by atoms with Crippen molar-refractivity contribution in [2.24, 2.45) is 0 Å². The van der Waals surface area contributed by atoms with Crippen LogP contribution in [-0.4, -0.2) is 82.3 Å². The fraction of sp³-hybridized carbons (Fsp3) is 0.325. The SMILES string of the molecule is C1COC1.CNc1cc(C(=O)OC)cc(OCC(=O)N(C)C)c1NC(=O)Cc1ccc2cc1OCCCc1cc(C#N)ccc1COc1cccc-2n1. The zero-order valence-corrected chi connectivity index (χ0v) is 30.3. The van der Waals surface area contributed by atoms with Crippen molar-refractivity contribution in [2.75, 3.05) is 65.3 Å². The monoisotopic (exact) mass is 721 g/mol. The number of nitrogens with one attached hydrogen (secondary N) is 2. The van der Waals surface area contributed by atoms with Crippen LogP contribution in [0.3, 0.4) is 0 Å². The highest BCUT2D eigenvalue weighted by molar-refractivity contribution is 6.00. The number of amides is 2. The third kappa shape index (κ3) is 10.2. The molecule has 13 heteroatoms. The largest absolute Gasteiger partial charge is 0.493 e. The summed E-state index contributed by atoms with van der Waals surface area (Å²) in [5.41, 5.74) is 5.46. The van der Waals surface area contributed by atoms with Crippen LogP contribution in [0.1, 0.15) is 45.5 Å². The second-order valence-electron chi connectivity index (χ2n) is 12.4. The molecule has 13 nitrogen and oxygen atoms in total. The molecule has 0 unspecified atom stereocenters. The first-order valence-electron chi connectivity index (χ1n) is 17.2. The summed E-state index contributed by atoms with van der Waals surface area (Å²) in [7, 11) is 6.10. The predicted octanol–water partition coefficient (Wildman–Crippen LogP) is 5.41. The number of esters is 1. The van der Waals surface area contributed by atoms with Gasteiger partial charge in [-0.15, -0.1) is 0 Å². The van der Waals surface area contributed by atoms with Gasteiger partial charge in [-0.25, -0.2) is 9.78 Å². The van der Waals surface area contributed by atoms with Gasteiger partial charge in [-0.05, 0) is 66.8 Å². The number of carbonyl (C=O) groups excluding carboxylic acids is 3. The molecule has 0 radical (unpaired) electrons. The van der Waals surface area contributed by atoms with E-state index in [2.05, 4.69) is 16.7 Å². The van der Waals surface area contributed by atoms with Gasteiger partial charge in [-0.3, -0.25) is 9.59 Å². The highest BCUT2D eigenvalue weighted by Crippen LogP contribution is 2.36. The molecule has 0 saturated carbocycles. The molecule has 1 saturated heterocycles. The number of nitriles is 1. The Balaban J connectivity index is 0.00000127. The summed E-state index contributed by atoms with van der Waals surface area (Å²) in [6.45, 7) is 2.36. The van der Waals surface area contributed by atoms with E-state index in [-0.39, 0.29) is 41.8 Å². The van der Waals surface area contributed by atoms with Gasteiger partial charge in [0.25, 0.3) is 5.91 Å². The number of hydrogen-bond donors (Lipinski definition) is 2. The Bertz CT molecular complexity index is 1980. The minimum atomic E-state index is -0.605. The van der Waals surface area contributed by atoms with Gasteiger partial charge in [-0.1, -0.05) is 24.3 Å². The third-order valence-electron chi connectivity index (χ3n) is 8.48. The number of fused-ring (bicyclic) bond motifs is 6. The van der Waals surface area contributed by atoms with Gasteiger partial charge in [0, 0.05) is 51.6 Å². The number of aryl methyl sites for hydroxylation is 1. The molecule has 4 aromatic rings. The van der Waals surface area contributed by atoms with Crippen LogP contribution in [0.25, 0.3) is 11.3 Å². The number of nitrogens with zero attached hydrogens (tertiary/aromatic N) is 3. The van der Waals surface area contributed by atoms with Gasteiger partial charge in [-0.2, -0.15) is 5.26 Å². The molecule has 0 atom stereocenters. The smallest absolute Gasteiger partial charge is 0.338 e. The Kier molecular flexibility index (Phi) is 13.2. The Morgan fingerprint density at radius 1 is 0.962 bits per heavy atom. The molecule has 2 amide bonds. The number of ether oxygens (including phenoxy) is 5. The lowest BCUT2D eigenvalue weighted by Gasteiger charge is -2.19. The third-order valence-corrected chi connectivity index (χ3v) is 8.48. The number of rotatable bonds is 8. The van der Waals surface area contributed by atoms with Crippen molar-refractivity contribution in [1.82, 2.24) is 9.88 Å². The van der Waals surface area contributed by atoms with Gasteiger partial charge in [0.2, 0.25) is 11.8 Å². The lowest BCUT2D eigenvalue weighted by Crippen LogP contribution is -2.28. The van der Waals surface area contributed by atoms with Crippen LogP contribution in [0.2, 0.25) is 0 Å². The van der Waals surface area contributed by atoms with Gasteiger partial charge in [0.05, 0.1) is 48.7 Å². The number of pyridine rings is 1. The van der Waals surface area contributed by atoms with Crippen molar-refractivity contribution in [3.05, 3.63) is 94.5 Å². The number of aromatic nitrogens is 1. The Morgan fingerprint density at radius 3 is 2.45 bits per heavy atom. The van der Waals surface area contributed by atoms with Crippen LogP contribution in [0.15, 0.2) is 66.7 Å². The molecule has 2 N–H and O–H groups in total. The van der Waals surface area contributed by atoms with E-state index in [9.17, 15) is 19.6 Å². The summed E-state index contributed by atoms with van der Waals surface area (Å²) in [4.78, 5) is 44.4. The topological polar surface area (TPSA) is 161 Å². The fourth-order valence-corrected chi connectivity index (χ4v) is 5.38. The van der Waals surface area contributed by atoms with E-state index in [1.807, 2.05) is 42.5 Å². The van der Waals surface area contributed by atoms with Crippen molar-refractivity contribution in [1.29, 1.82) is 5.26 Å². The molecule has 6 rings (SSSR count). The van der Waals surface area contributed by atoms with E-state index in [4.69, 9.17) is 28.7 Å². The average molecular weight is 722 g/mol. The molecule has 276 valence electrons. The van der Waals surface area contributed by atoms with E-state index in [0.717, 1.165) is 29.9 Å². The molecule has 2 aliphatic rings. The van der Waals surface area contributed by atoms with Crippen molar-refractivity contribution in [2.45, 2.75) is 32.3 Å². The first-order chi connectivity index (χ1) is 25.7. The zero-order chi connectivity index (χ0) is 37.7. The number of hydrogen-bond acceptors (Lipinski definition) is 11. The van der Waals surface area contributed by atoms with Crippen LogP contribution in [0, 0.1) is 11.3 Å². The maximum Gasteiger partial charge on any atom is 0.338 e. The van der Waals surface area contributed by atoms with Crippen molar-refractivity contribution < 1.29 is 38.1 Å². The summed E-state index contributed by atoms with van der Waals surface area (Å²) < 4.78 is 27.7. The maximum atomic E-state index is 13.6. The first-order valence-corrected chi connectivity index (χ1v) is 17.2. The fourth-order valence-electron chi connectivity index (χ4n) is 5.38. The molecule has 53 heavy (non-hydrogen) atoms. The summed E-state index contributed by atoms with van der Waals surface area (Å²) in [6.07, 6.45) is 2.54. The standard InChI is InChI=1S/C37H37N5O7.C3H6O/c1-39-30-16-28(37(45)46-4)18-32(48-22-35(44)42(2)3)36(30)41-33(43)19-26-13-12-25-17-31(26)47-14-6-7-24-15-23(20-38)10-11-27(24)21-49-34-9-5-8-29(25)40-34;1-2-4-3-1/h5,8-13,15-18,39H,6-7,14,19,21-22H2,1-4H3,(H,41,43);1-3H2. The minimum absolute atomic E-state index is 0.0570. The number of likely N-dealkylation sites (N-methyl/N-ethyl adjacent to an activating group) is 1. The maximum absolute atomic E-state index is 13.6. The van der Waals surface area contributed by atoms with Crippen LogP contribution < -0.4 is 24.8 Å². The summed E-state index contributed by atoms with van der Waals surface area (Å²) in [5.74, 6) is -0.195. The second-order valence-corrected chi connectivity index (χ2v) is 12.4. The van der Waals surface area contributed by atoms with Gasteiger partial charge in [0.1, 0.15) is 23.8 Å². The van der Waals surface area contributed by atoms with Crippen LogP contribution >= 0.6 is 0 Å². The van der Waals surface area contributed by atoms with E-state index < -0.39 is 5.97 Å². The highest BCUT2D eigenvalue weighted by atomic mass is 16.5. The van der Waals surface area contributed by atoms with E-state index in [0.29, 0.717) is 60.2 Å². The second kappa shape index (κ2) is 18.4. The molecule has 2 aliphatic heterocycles. The van der Waals surface area contributed by atoms with E-state index >= 15 is 0 Å². The molecule has 3 heterocycles. The number of methoxy groups -OCH3 is 1. The van der Waals surface area contributed by atoms with Gasteiger partial charge >= 0.3 is 5.97 Å². The first kappa shape index (κ1) is 38.1. The van der Waals surface area contributed by atoms with Crippen molar-refractivity contribution >= 4 is 29.2 Å². The highest BCUT2D eigenvalue weighted by Gasteiger charge is 2.21. The molecule has 1 aromatic heterocycles. The van der Waals surface area contributed by atoms with Crippen LogP contribution in [-0.2, 0) is 38.5 Å². The Morgan fingerprint density at radius 2 is 1.75 bits per heavy atom. The van der Waals surface area contributed by atoms with Gasteiger partial charge in [0.15, 0.2) is 6.61 Å². The predicted molar refractivity (Wildman–Crippen MR) is 198 cm³/mol. The van der Waals surface area contributed by atoms with Crippen molar-refractivity contribution in [3.63, 3.8) is 0 Å². The normalized spacial score (nSPS) is 13.0. The average Bonchev–Trinajstić information content (AvgIpc) is 3.14. The molecule has 3 aromatic carbocycles. The molecular formula is C40H43N5O8. The Labute approximate surface area is 308 Å². The van der Waals surface area contributed by atoms with E-state index in [1.165, 1.54) is 30.6 Å². The lowest BCUT2D eigenvalue weighted by atomic mass is 10.0. The van der Waals surface area contributed by atoms with Crippen molar-refractivity contribution in [3.8, 4) is 34.7 Å². The quantitative estimate of drug-likeness (QED) is 0.224. The molecular weight excluding hydrogens is 678 g/mol. The number of benzene rings is 3. The van der Waals surface area contributed by atoms with Crippen LogP contribution in [0.5, 0.6) is 17.4 Å². The molecule has 0 aliphatic carbocycles. The van der Waals surface area contributed by atoms with E-state index in [1.54, 1.807) is 33.3 Å². The Hall–Kier alpha value is -6.13. The number of anilines is 2.